The average Bonchev–Trinajstić information content (AvgIpc) is 2.93. The molecule has 20 heavy (non-hydrogen) atoms. The van der Waals surface area contributed by atoms with Crippen LogP contribution in [0.4, 0.5) is 5.82 Å². The van der Waals surface area contributed by atoms with Crippen LogP contribution < -0.4 is 11.3 Å². The summed E-state index contributed by atoms with van der Waals surface area (Å²) in [5, 5.41) is 0. The molecular weight excluding hydrogens is 254 g/mol. The number of carbonyl (C=O) groups is 1. The van der Waals surface area contributed by atoms with Gasteiger partial charge in [0.05, 0.1) is 5.56 Å². The Kier molecular flexibility index (Phi) is 4.92. The molecule has 6 nitrogen and oxygen atoms in total. The molecule has 2 heterocycles. The predicted molar refractivity (Wildman–Crippen MR) is 79.3 cm³/mol. The lowest BCUT2D eigenvalue weighted by Crippen LogP contribution is -2.41. The van der Waals surface area contributed by atoms with Crippen molar-refractivity contribution in [1.82, 2.24) is 14.8 Å². The predicted octanol–water partition coefficient (Wildman–Crippen LogP) is 0.924. The van der Waals surface area contributed by atoms with Crippen LogP contribution in [-0.2, 0) is 0 Å². The summed E-state index contributed by atoms with van der Waals surface area (Å²) in [4.78, 5) is 20.7. The van der Waals surface area contributed by atoms with Crippen LogP contribution in [-0.4, -0.2) is 53.4 Å². The molecule has 1 amide bonds. The van der Waals surface area contributed by atoms with Gasteiger partial charge in [-0.15, -0.1) is 0 Å². The standard InChI is InChI=1S/C14H23N5O/c1-3-19-9-5-6-11(19)10-18(2)14(20)12-7-4-8-16-13(12)17-15/h4,7-8,11H,3,5-6,9-10,15H2,1-2H3,(H,16,17). The average molecular weight is 277 g/mol. The molecular formula is C14H23N5O. The van der Waals surface area contributed by atoms with Gasteiger partial charge in [-0.1, -0.05) is 6.92 Å². The highest BCUT2D eigenvalue weighted by Gasteiger charge is 2.26. The highest BCUT2D eigenvalue weighted by molar-refractivity contribution is 5.98. The molecule has 0 aromatic carbocycles. The van der Waals surface area contributed by atoms with Gasteiger partial charge in [-0.25, -0.2) is 10.8 Å². The first-order valence-electron chi connectivity index (χ1n) is 7.08. The number of nitrogen functional groups attached to an aromatic ring is 1. The number of likely N-dealkylation sites (tertiary alicyclic amines) is 1. The van der Waals surface area contributed by atoms with Crippen LogP contribution in [0.15, 0.2) is 18.3 Å². The van der Waals surface area contributed by atoms with Gasteiger partial charge in [0, 0.05) is 25.8 Å². The molecule has 2 rings (SSSR count). The number of nitrogens with one attached hydrogen (secondary N) is 1. The zero-order valence-corrected chi connectivity index (χ0v) is 12.2. The van der Waals surface area contributed by atoms with Gasteiger partial charge in [0.1, 0.15) is 0 Å². The molecule has 0 radical (unpaired) electrons. The third-order valence-corrected chi connectivity index (χ3v) is 3.91. The van der Waals surface area contributed by atoms with Gasteiger partial charge in [-0.3, -0.25) is 9.69 Å². The lowest BCUT2D eigenvalue weighted by atomic mass is 10.2. The van der Waals surface area contributed by atoms with Crippen LogP contribution in [0.3, 0.4) is 0 Å². The quantitative estimate of drug-likeness (QED) is 0.618. The van der Waals surface area contributed by atoms with Crippen LogP contribution in [0.5, 0.6) is 0 Å². The van der Waals surface area contributed by atoms with E-state index in [4.69, 9.17) is 5.84 Å². The third kappa shape index (κ3) is 3.08. The van der Waals surface area contributed by atoms with Crippen LogP contribution >= 0.6 is 0 Å². The molecule has 1 unspecified atom stereocenters. The smallest absolute Gasteiger partial charge is 0.257 e. The normalized spacial score (nSPS) is 19.1. The minimum atomic E-state index is -0.0472. The summed E-state index contributed by atoms with van der Waals surface area (Å²) < 4.78 is 0. The summed E-state index contributed by atoms with van der Waals surface area (Å²) >= 11 is 0. The number of hydrogen-bond donors (Lipinski definition) is 2. The highest BCUT2D eigenvalue weighted by atomic mass is 16.2. The van der Waals surface area contributed by atoms with Crippen molar-refractivity contribution < 1.29 is 4.79 Å². The first-order chi connectivity index (χ1) is 9.67. The molecule has 6 heteroatoms. The Hall–Kier alpha value is -1.66. The Morgan fingerprint density at radius 2 is 2.45 bits per heavy atom. The van der Waals surface area contributed by atoms with E-state index >= 15 is 0 Å². The van der Waals surface area contributed by atoms with E-state index in [1.807, 2.05) is 7.05 Å². The Morgan fingerprint density at radius 1 is 1.65 bits per heavy atom. The minimum Gasteiger partial charge on any atom is -0.340 e. The number of likely N-dealkylation sites (N-methyl/N-ethyl adjacent to an activating group) is 2. The van der Waals surface area contributed by atoms with Gasteiger partial charge in [0.25, 0.3) is 5.91 Å². The van der Waals surface area contributed by atoms with Gasteiger partial charge in [0.15, 0.2) is 5.82 Å². The van der Waals surface area contributed by atoms with Crippen LogP contribution in [0.25, 0.3) is 0 Å². The van der Waals surface area contributed by atoms with Gasteiger partial charge in [-0.05, 0) is 38.1 Å². The Bertz CT molecular complexity index is 465. The number of hydrazine groups is 1. The molecule has 110 valence electrons. The van der Waals surface area contributed by atoms with E-state index in [0.717, 1.165) is 26.1 Å². The maximum absolute atomic E-state index is 12.5. The topological polar surface area (TPSA) is 74.5 Å². The largest absolute Gasteiger partial charge is 0.340 e. The second-order valence-electron chi connectivity index (χ2n) is 5.15. The van der Waals surface area contributed by atoms with Crippen molar-refractivity contribution in [2.24, 2.45) is 5.84 Å². The Labute approximate surface area is 119 Å². The third-order valence-electron chi connectivity index (χ3n) is 3.91. The van der Waals surface area contributed by atoms with Gasteiger partial charge in [0.2, 0.25) is 0 Å². The van der Waals surface area contributed by atoms with E-state index in [-0.39, 0.29) is 5.91 Å². The maximum Gasteiger partial charge on any atom is 0.257 e. The molecule has 0 aliphatic carbocycles. The molecule has 1 saturated heterocycles. The number of aromatic nitrogens is 1. The summed E-state index contributed by atoms with van der Waals surface area (Å²) in [7, 11) is 1.84. The second kappa shape index (κ2) is 6.67. The number of rotatable bonds is 5. The summed E-state index contributed by atoms with van der Waals surface area (Å²) in [6, 6.07) is 3.95. The highest BCUT2D eigenvalue weighted by Crippen LogP contribution is 2.19. The van der Waals surface area contributed by atoms with Crippen molar-refractivity contribution in [1.29, 1.82) is 0 Å². The van der Waals surface area contributed by atoms with E-state index in [1.54, 1.807) is 23.2 Å². The molecule has 1 aromatic heterocycles. The number of hydrogen-bond acceptors (Lipinski definition) is 5. The number of amides is 1. The zero-order chi connectivity index (χ0) is 14.5. The summed E-state index contributed by atoms with van der Waals surface area (Å²) in [6.45, 7) is 5.07. The Morgan fingerprint density at radius 3 is 3.15 bits per heavy atom. The van der Waals surface area contributed by atoms with E-state index < -0.39 is 0 Å². The molecule has 0 spiro atoms. The molecule has 0 saturated carbocycles. The van der Waals surface area contributed by atoms with Crippen molar-refractivity contribution in [3.63, 3.8) is 0 Å². The fourth-order valence-electron chi connectivity index (χ4n) is 2.82. The SMILES string of the molecule is CCN1CCCC1CN(C)C(=O)c1cccnc1NN. The minimum absolute atomic E-state index is 0.0472. The molecule has 0 bridgehead atoms. The van der Waals surface area contributed by atoms with Crippen LogP contribution in [0.1, 0.15) is 30.1 Å². The van der Waals surface area contributed by atoms with Crippen molar-refractivity contribution in [3.8, 4) is 0 Å². The van der Waals surface area contributed by atoms with E-state index in [0.29, 0.717) is 17.4 Å². The monoisotopic (exact) mass is 277 g/mol. The number of pyridine rings is 1. The van der Waals surface area contributed by atoms with Crippen LogP contribution in [0.2, 0.25) is 0 Å². The molecule has 1 aliphatic rings. The van der Waals surface area contributed by atoms with Crippen molar-refractivity contribution in [3.05, 3.63) is 23.9 Å². The van der Waals surface area contributed by atoms with Gasteiger partial charge < -0.3 is 10.3 Å². The van der Waals surface area contributed by atoms with Crippen LogP contribution in [0, 0.1) is 0 Å². The summed E-state index contributed by atoms with van der Waals surface area (Å²) in [6.07, 6.45) is 3.98. The molecule has 1 fully saturated rings. The van der Waals surface area contributed by atoms with Crippen molar-refractivity contribution >= 4 is 11.7 Å². The van der Waals surface area contributed by atoms with Crippen molar-refractivity contribution in [2.75, 3.05) is 32.1 Å². The molecule has 1 aromatic rings. The number of nitrogens with zero attached hydrogens (tertiary/aromatic N) is 3. The second-order valence-corrected chi connectivity index (χ2v) is 5.15. The first kappa shape index (κ1) is 14.7. The lowest BCUT2D eigenvalue weighted by molar-refractivity contribution is 0.0755. The molecule has 3 N–H and O–H groups in total. The number of carbonyl (C=O) groups excluding carboxylic acids is 1. The van der Waals surface area contributed by atoms with Crippen molar-refractivity contribution in [2.45, 2.75) is 25.8 Å². The van der Waals surface area contributed by atoms with Gasteiger partial charge in [-0.2, -0.15) is 0 Å². The van der Waals surface area contributed by atoms with E-state index in [1.165, 1.54) is 6.42 Å². The molecule has 1 aliphatic heterocycles. The zero-order valence-electron chi connectivity index (χ0n) is 12.2. The number of anilines is 1. The first-order valence-corrected chi connectivity index (χ1v) is 7.08. The Balaban J connectivity index is 2.05. The lowest BCUT2D eigenvalue weighted by Gasteiger charge is -2.28. The fourth-order valence-corrected chi connectivity index (χ4v) is 2.82. The summed E-state index contributed by atoms with van der Waals surface area (Å²) in [5.74, 6) is 5.78. The fraction of sp³-hybridized carbons (Fsp3) is 0.571. The van der Waals surface area contributed by atoms with Gasteiger partial charge >= 0.3 is 0 Å². The maximum atomic E-state index is 12.5. The summed E-state index contributed by atoms with van der Waals surface area (Å²) in [5.41, 5.74) is 2.99. The number of nitrogens with two attached hydrogens (primary N) is 1. The van der Waals surface area contributed by atoms with E-state index in [2.05, 4.69) is 22.2 Å². The van der Waals surface area contributed by atoms with E-state index in [9.17, 15) is 4.79 Å². The molecule has 1 atom stereocenters.